The van der Waals surface area contributed by atoms with Crippen LogP contribution in [0.3, 0.4) is 0 Å². The van der Waals surface area contributed by atoms with E-state index in [4.69, 9.17) is 14.3 Å². The Morgan fingerprint density at radius 1 is 1.40 bits per heavy atom. The van der Waals surface area contributed by atoms with Crippen molar-refractivity contribution in [2.75, 3.05) is 0 Å². The summed E-state index contributed by atoms with van der Waals surface area (Å²) in [6.07, 6.45) is 0. The van der Waals surface area contributed by atoms with Crippen LogP contribution < -0.4 is 51.4 Å². The molecule has 0 aliphatic carbocycles. The van der Waals surface area contributed by atoms with Gasteiger partial charge in [-0.25, -0.2) is 4.57 Å². The zero-order chi connectivity index (χ0) is 7.71. The van der Waals surface area contributed by atoms with Gasteiger partial charge in [0.1, 0.15) is 0 Å². The first-order valence-corrected chi connectivity index (χ1v) is 4.34. The largest absolute Gasteiger partial charge is 1.00 e. The summed E-state index contributed by atoms with van der Waals surface area (Å²) < 4.78 is 39.0. The smallest absolute Gasteiger partial charge is 1.00 e. The molecule has 3 N–H and O–H groups in total. The summed E-state index contributed by atoms with van der Waals surface area (Å²) in [5.41, 5.74) is 0. The van der Waals surface area contributed by atoms with Crippen LogP contribution in [0.1, 0.15) is 1.43 Å². The van der Waals surface area contributed by atoms with Gasteiger partial charge in [-0.3, -0.25) is 4.55 Å². The predicted octanol–water partition coefficient (Wildman–Crippen LogP) is -3.98. The maximum absolute atomic E-state index is 9.58. The molecule has 0 saturated carbocycles. The van der Waals surface area contributed by atoms with Crippen LogP contribution >= 0.6 is 7.82 Å². The molecule has 0 rings (SSSR count). The Hall–Kier alpha value is 1.66. The van der Waals surface area contributed by atoms with Gasteiger partial charge in [0.25, 0.3) is 0 Å². The van der Waals surface area contributed by atoms with Gasteiger partial charge in [0, 0.05) is 0 Å². The van der Waals surface area contributed by atoms with Gasteiger partial charge >= 0.3 is 69.6 Å². The second-order valence-electron chi connectivity index (χ2n) is 0.993. The molecule has 0 aromatic carbocycles. The van der Waals surface area contributed by atoms with Crippen LogP contribution in [-0.4, -0.2) is 22.8 Å². The van der Waals surface area contributed by atoms with E-state index in [1.54, 1.807) is 0 Å². The van der Waals surface area contributed by atoms with E-state index in [1.807, 2.05) is 0 Å². The van der Waals surface area contributed by atoms with E-state index in [0.717, 1.165) is 0 Å². The van der Waals surface area contributed by atoms with Crippen molar-refractivity contribution in [3.63, 3.8) is 0 Å². The van der Waals surface area contributed by atoms with Crippen LogP contribution in [0.5, 0.6) is 0 Å². The van der Waals surface area contributed by atoms with Crippen LogP contribution in [0.15, 0.2) is 0 Å². The molecule has 0 aliphatic rings. The molecule has 0 fully saturated rings. The number of rotatable bonds is 2. The SMILES string of the molecule is O=P(O)(O)OS(=O)(=O)O.[H-].[K+]. The third kappa shape index (κ3) is 12.3. The Bertz CT molecular complexity index is 225. The molecule has 58 valence electrons. The Morgan fingerprint density at radius 2 is 1.70 bits per heavy atom. The van der Waals surface area contributed by atoms with E-state index in [-0.39, 0.29) is 52.8 Å². The molecule has 0 heterocycles. The predicted molar refractivity (Wildman–Crippen MR) is 25.8 cm³/mol. The van der Waals surface area contributed by atoms with Crippen LogP contribution in [0.4, 0.5) is 0 Å². The maximum Gasteiger partial charge on any atom is 1.00 e. The summed E-state index contributed by atoms with van der Waals surface area (Å²) in [4.78, 5) is 15.4. The molecule has 0 bridgehead atoms. The molecule has 0 spiro atoms. The van der Waals surface area contributed by atoms with Crippen molar-refractivity contribution in [2.45, 2.75) is 0 Å². The summed E-state index contributed by atoms with van der Waals surface area (Å²) in [5, 5.41) is 0. The van der Waals surface area contributed by atoms with Crippen LogP contribution in [-0.2, 0) is 18.9 Å². The van der Waals surface area contributed by atoms with Gasteiger partial charge in [-0.05, 0) is 0 Å². The maximum atomic E-state index is 9.58. The molecule has 0 aromatic rings. The summed E-state index contributed by atoms with van der Waals surface area (Å²) in [6, 6.07) is 0. The van der Waals surface area contributed by atoms with Crippen molar-refractivity contribution >= 4 is 18.2 Å². The number of hydrogen-bond donors (Lipinski definition) is 3. The van der Waals surface area contributed by atoms with E-state index in [9.17, 15) is 13.0 Å². The van der Waals surface area contributed by atoms with Gasteiger partial charge < -0.3 is 11.2 Å². The molecule has 0 aliphatic heterocycles. The summed E-state index contributed by atoms with van der Waals surface area (Å²) in [5.74, 6) is 0. The van der Waals surface area contributed by atoms with Gasteiger partial charge in [-0.1, -0.05) is 0 Å². The van der Waals surface area contributed by atoms with Crippen molar-refractivity contribution in [3.05, 3.63) is 0 Å². The van der Waals surface area contributed by atoms with Crippen molar-refractivity contribution < 1.29 is 84.1 Å². The Morgan fingerprint density at radius 3 is 1.70 bits per heavy atom. The fourth-order valence-electron chi connectivity index (χ4n) is 0.123. The van der Waals surface area contributed by atoms with Gasteiger partial charge in [0.05, 0.1) is 0 Å². The van der Waals surface area contributed by atoms with E-state index in [2.05, 4.69) is 3.97 Å². The second kappa shape index (κ2) is 4.63. The Balaban J connectivity index is -0.000000320. The number of phosphoric acid groups is 1. The van der Waals surface area contributed by atoms with Crippen molar-refractivity contribution in [3.8, 4) is 0 Å². The molecular formula is H4KO7PS. The standard InChI is InChI=1S/K.H3O7PS.H/c;1-8(2,3)7-9(4,5)6;/h;(H2,1,2,3)(H,4,5,6);/q+1;;-1. The minimum atomic E-state index is -5.13. The zero-order valence-corrected chi connectivity index (χ0v) is 9.66. The van der Waals surface area contributed by atoms with E-state index >= 15 is 0 Å². The van der Waals surface area contributed by atoms with E-state index < -0.39 is 18.2 Å². The first-order valence-electron chi connectivity index (χ1n) is 1.45. The molecular weight excluding hydrogens is 214 g/mol. The molecule has 10 heteroatoms. The minimum absolute atomic E-state index is 0. The van der Waals surface area contributed by atoms with Gasteiger partial charge in [0.2, 0.25) is 0 Å². The number of hydrogen-bond acceptors (Lipinski definition) is 4. The minimum Gasteiger partial charge on any atom is -1.00 e. The monoisotopic (exact) mass is 218 g/mol. The summed E-state index contributed by atoms with van der Waals surface area (Å²) in [6.45, 7) is 0. The first kappa shape index (κ1) is 14.2. The summed E-state index contributed by atoms with van der Waals surface area (Å²) in [7, 11) is -10.2. The van der Waals surface area contributed by atoms with Crippen LogP contribution in [0.2, 0.25) is 0 Å². The van der Waals surface area contributed by atoms with Gasteiger partial charge in [0.15, 0.2) is 0 Å². The molecule has 0 aromatic heterocycles. The topological polar surface area (TPSA) is 121 Å². The molecule has 0 atom stereocenters. The normalized spacial score (nSPS) is 12.3. The molecule has 0 unspecified atom stereocenters. The Kier molecular flexibility index (Phi) is 6.57. The van der Waals surface area contributed by atoms with Crippen molar-refractivity contribution in [1.82, 2.24) is 0 Å². The third-order valence-corrected chi connectivity index (χ3v) is 1.72. The van der Waals surface area contributed by atoms with Crippen molar-refractivity contribution in [1.29, 1.82) is 0 Å². The van der Waals surface area contributed by atoms with Gasteiger partial charge in [-0.2, -0.15) is 8.42 Å². The molecule has 0 saturated heterocycles. The first-order chi connectivity index (χ1) is 3.71. The Labute approximate surface area is 101 Å². The molecule has 0 radical (unpaired) electrons. The summed E-state index contributed by atoms with van der Waals surface area (Å²) >= 11 is 0. The molecule has 0 amide bonds. The van der Waals surface area contributed by atoms with Crippen LogP contribution in [0, 0.1) is 0 Å². The van der Waals surface area contributed by atoms with Crippen molar-refractivity contribution in [2.24, 2.45) is 0 Å². The average molecular weight is 218 g/mol. The van der Waals surface area contributed by atoms with Gasteiger partial charge in [-0.15, -0.1) is 3.97 Å². The fraction of sp³-hybridized carbons (Fsp3) is 0. The van der Waals surface area contributed by atoms with E-state index in [1.165, 1.54) is 0 Å². The zero-order valence-electron chi connectivity index (χ0n) is 5.83. The fourth-order valence-corrected chi connectivity index (χ4v) is 1.10. The second-order valence-corrected chi connectivity index (χ2v) is 3.43. The van der Waals surface area contributed by atoms with Crippen LogP contribution in [0.25, 0.3) is 0 Å². The molecule has 10 heavy (non-hydrogen) atoms. The third-order valence-electron chi connectivity index (χ3n) is 0.191. The quantitative estimate of drug-likeness (QED) is 0.245. The molecule has 7 nitrogen and oxygen atoms in total. The van der Waals surface area contributed by atoms with E-state index in [0.29, 0.717) is 0 Å². The average Bonchev–Trinajstić information content (AvgIpc) is 1.14.